The Morgan fingerprint density at radius 1 is 1.42 bits per heavy atom. The molecule has 1 aliphatic rings. The molecule has 0 saturated heterocycles. The van der Waals surface area contributed by atoms with Gasteiger partial charge in [0.1, 0.15) is 24.9 Å². The standard InChI is InChI=1S/C14H12N6O4/c1-22-14(21)9-4-11-12(24-3-2-23-11)5-10(9)16-7-8(6-15)13-17-19-20-18-13/h4-5,7,16H,2-3H2,1H3,(H,17,18,19,20). The number of hydrogen-bond acceptors (Lipinski definition) is 9. The highest BCUT2D eigenvalue weighted by Gasteiger charge is 2.20. The number of nitriles is 1. The number of benzene rings is 1. The highest BCUT2D eigenvalue weighted by molar-refractivity contribution is 5.97. The van der Waals surface area contributed by atoms with E-state index < -0.39 is 5.97 Å². The number of tetrazole rings is 1. The molecule has 0 saturated carbocycles. The number of methoxy groups -OCH3 is 1. The molecule has 24 heavy (non-hydrogen) atoms. The minimum absolute atomic E-state index is 0.127. The van der Waals surface area contributed by atoms with Gasteiger partial charge in [0.2, 0.25) is 5.82 Å². The molecule has 0 aliphatic carbocycles. The van der Waals surface area contributed by atoms with Gasteiger partial charge in [0.15, 0.2) is 11.5 Å². The summed E-state index contributed by atoms with van der Waals surface area (Å²) in [6, 6.07) is 5.07. The molecule has 3 rings (SSSR count). The number of ether oxygens (including phenoxy) is 3. The quantitative estimate of drug-likeness (QED) is 0.615. The van der Waals surface area contributed by atoms with Crippen LogP contribution in [0.25, 0.3) is 5.57 Å². The topological polar surface area (TPSA) is 135 Å². The molecule has 0 unspecified atom stereocenters. The number of rotatable bonds is 4. The predicted octanol–water partition coefficient (Wildman–Crippen LogP) is 0.734. The molecule has 0 bridgehead atoms. The molecule has 0 amide bonds. The van der Waals surface area contributed by atoms with Crippen LogP contribution in [0, 0.1) is 11.3 Å². The third-order valence-electron chi connectivity index (χ3n) is 3.17. The van der Waals surface area contributed by atoms with Crippen LogP contribution in [0.3, 0.4) is 0 Å². The van der Waals surface area contributed by atoms with Crippen LogP contribution in [0.2, 0.25) is 0 Å². The number of allylic oxidation sites excluding steroid dienone is 1. The zero-order valence-electron chi connectivity index (χ0n) is 12.6. The number of esters is 1. The Morgan fingerprint density at radius 2 is 2.17 bits per heavy atom. The van der Waals surface area contributed by atoms with Crippen LogP contribution in [0.5, 0.6) is 11.5 Å². The summed E-state index contributed by atoms with van der Waals surface area (Å²) in [5.74, 6) is 0.515. The maximum absolute atomic E-state index is 12.0. The summed E-state index contributed by atoms with van der Waals surface area (Å²) in [5.41, 5.74) is 0.764. The molecule has 1 aromatic heterocycles. The van der Waals surface area contributed by atoms with Gasteiger partial charge in [-0.3, -0.25) is 0 Å². The Morgan fingerprint density at radius 3 is 2.79 bits per heavy atom. The number of fused-ring (bicyclic) bond motifs is 1. The second-order valence-electron chi connectivity index (χ2n) is 4.58. The van der Waals surface area contributed by atoms with E-state index in [1.807, 2.05) is 6.07 Å². The number of H-pyrrole nitrogens is 1. The zero-order valence-corrected chi connectivity index (χ0v) is 12.6. The Kier molecular flexibility index (Phi) is 4.24. The lowest BCUT2D eigenvalue weighted by atomic mass is 10.1. The van der Waals surface area contributed by atoms with Crippen molar-refractivity contribution >= 4 is 17.2 Å². The fraction of sp³-hybridized carbons (Fsp3) is 0.214. The summed E-state index contributed by atoms with van der Waals surface area (Å²) in [6.07, 6.45) is 1.36. The first-order valence-electron chi connectivity index (χ1n) is 6.85. The second-order valence-corrected chi connectivity index (χ2v) is 4.58. The summed E-state index contributed by atoms with van der Waals surface area (Å²) < 4.78 is 15.7. The zero-order chi connectivity index (χ0) is 16.9. The molecular formula is C14H12N6O4. The summed E-state index contributed by atoms with van der Waals surface area (Å²) in [4.78, 5) is 12.0. The number of carbonyl (C=O) groups excluding carboxylic acids is 1. The lowest BCUT2D eigenvalue weighted by molar-refractivity contribution is 0.0601. The fourth-order valence-corrected chi connectivity index (χ4v) is 2.06. The lowest BCUT2D eigenvalue weighted by Gasteiger charge is -2.20. The number of nitrogens with one attached hydrogen (secondary N) is 2. The van der Waals surface area contributed by atoms with E-state index in [9.17, 15) is 10.1 Å². The Bertz CT molecular complexity index is 825. The van der Waals surface area contributed by atoms with E-state index in [-0.39, 0.29) is 17.0 Å². The maximum atomic E-state index is 12.0. The number of nitrogens with zero attached hydrogens (tertiary/aromatic N) is 4. The largest absolute Gasteiger partial charge is 0.486 e. The molecule has 2 heterocycles. The second kappa shape index (κ2) is 6.66. The molecule has 2 N–H and O–H groups in total. The van der Waals surface area contributed by atoms with Gasteiger partial charge in [-0.2, -0.15) is 10.5 Å². The SMILES string of the molecule is COC(=O)c1cc2c(cc1NC=C(C#N)c1nn[nH]n1)OCCO2. The Labute approximate surface area is 136 Å². The first-order chi connectivity index (χ1) is 11.7. The van der Waals surface area contributed by atoms with Gasteiger partial charge >= 0.3 is 5.97 Å². The first-order valence-corrected chi connectivity index (χ1v) is 6.85. The molecule has 10 nitrogen and oxygen atoms in total. The first kappa shape index (κ1) is 15.3. The number of aromatic amines is 1. The molecular weight excluding hydrogens is 316 g/mol. The van der Waals surface area contributed by atoms with Crippen molar-refractivity contribution in [3.8, 4) is 17.6 Å². The summed E-state index contributed by atoms with van der Waals surface area (Å²) in [6.45, 7) is 0.808. The van der Waals surface area contributed by atoms with Gasteiger partial charge in [-0.05, 0) is 5.21 Å². The molecule has 0 radical (unpaired) electrons. The molecule has 0 atom stereocenters. The van der Waals surface area contributed by atoms with Crippen LogP contribution < -0.4 is 14.8 Å². The van der Waals surface area contributed by atoms with Gasteiger partial charge < -0.3 is 19.5 Å². The number of aromatic nitrogens is 4. The molecule has 1 aliphatic heterocycles. The fourth-order valence-electron chi connectivity index (χ4n) is 2.06. The van der Waals surface area contributed by atoms with Gasteiger partial charge in [-0.1, -0.05) is 0 Å². The third-order valence-corrected chi connectivity index (χ3v) is 3.17. The number of hydrogen-bond donors (Lipinski definition) is 2. The number of anilines is 1. The van der Waals surface area contributed by atoms with Crippen LogP contribution in [0.1, 0.15) is 16.2 Å². The minimum atomic E-state index is -0.555. The third kappa shape index (κ3) is 2.95. The highest BCUT2D eigenvalue weighted by Crippen LogP contribution is 2.36. The van der Waals surface area contributed by atoms with Crippen molar-refractivity contribution < 1.29 is 19.0 Å². The van der Waals surface area contributed by atoms with E-state index in [2.05, 4.69) is 25.9 Å². The van der Waals surface area contributed by atoms with E-state index in [1.165, 1.54) is 19.4 Å². The summed E-state index contributed by atoms with van der Waals surface area (Å²) in [7, 11) is 1.28. The molecule has 1 aromatic carbocycles. The molecule has 10 heteroatoms. The molecule has 0 fully saturated rings. The monoisotopic (exact) mass is 328 g/mol. The summed E-state index contributed by atoms with van der Waals surface area (Å²) in [5, 5.41) is 25.2. The predicted molar refractivity (Wildman–Crippen MR) is 80.2 cm³/mol. The molecule has 2 aromatic rings. The highest BCUT2D eigenvalue weighted by atomic mass is 16.6. The van der Waals surface area contributed by atoms with Crippen molar-refractivity contribution in [2.45, 2.75) is 0 Å². The van der Waals surface area contributed by atoms with Crippen molar-refractivity contribution in [2.24, 2.45) is 0 Å². The van der Waals surface area contributed by atoms with Gasteiger partial charge in [-0.15, -0.1) is 10.2 Å². The van der Waals surface area contributed by atoms with Crippen molar-refractivity contribution in [3.05, 3.63) is 29.7 Å². The van der Waals surface area contributed by atoms with E-state index >= 15 is 0 Å². The van der Waals surface area contributed by atoms with Crippen LogP contribution in [0.4, 0.5) is 5.69 Å². The lowest BCUT2D eigenvalue weighted by Crippen LogP contribution is -2.17. The van der Waals surface area contributed by atoms with Crippen LogP contribution in [0.15, 0.2) is 18.3 Å². The van der Waals surface area contributed by atoms with Gasteiger partial charge in [0, 0.05) is 18.3 Å². The van der Waals surface area contributed by atoms with Crippen molar-refractivity contribution in [1.29, 1.82) is 5.26 Å². The van der Waals surface area contributed by atoms with Crippen molar-refractivity contribution in [1.82, 2.24) is 20.6 Å². The maximum Gasteiger partial charge on any atom is 0.340 e. The van der Waals surface area contributed by atoms with Crippen LogP contribution >= 0.6 is 0 Å². The molecule has 122 valence electrons. The average molecular weight is 328 g/mol. The van der Waals surface area contributed by atoms with Crippen molar-refractivity contribution in [2.75, 3.05) is 25.6 Å². The smallest absolute Gasteiger partial charge is 0.340 e. The van der Waals surface area contributed by atoms with Gasteiger partial charge in [0.25, 0.3) is 0 Å². The van der Waals surface area contributed by atoms with Crippen LogP contribution in [-0.4, -0.2) is 46.9 Å². The Balaban J connectivity index is 1.97. The average Bonchev–Trinajstić information content (AvgIpc) is 3.15. The van der Waals surface area contributed by atoms with Crippen LogP contribution in [-0.2, 0) is 4.74 Å². The van der Waals surface area contributed by atoms with E-state index in [0.29, 0.717) is 30.4 Å². The Hall–Kier alpha value is -3.61. The van der Waals surface area contributed by atoms with Gasteiger partial charge in [-0.25, -0.2) is 4.79 Å². The van der Waals surface area contributed by atoms with Crippen molar-refractivity contribution in [3.63, 3.8) is 0 Å². The summed E-state index contributed by atoms with van der Waals surface area (Å²) >= 11 is 0. The van der Waals surface area contributed by atoms with E-state index in [1.54, 1.807) is 6.07 Å². The minimum Gasteiger partial charge on any atom is -0.486 e. The van der Waals surface area contributed by atoms with E-state index in [4.69, 9.17) is 14.2 Å². The molecule has 0 spiro atoms. The van der Waals surface area contributed by atoms with Gasteiger partial charge in [0.05, 0.1) is 18.4 Å². The normalized spacial score (nSPS) is 13.1. The van der Waals surface area contributed by atoms with E-state index in [0.717, 1.165) is 0 Å². The number of carbonyl (C=O) groups is 1.